The van der Waals surface area contributed by atoms with Crippen molar-refractivity contribution in [2.75, 3.05) is 19.6 Å². The van der Waals surface area contributed by atoms with E-state index in [0.29, 0.717) is 22.0 Å². The Morgan fingerprint density at radius 2 is 2.26 bits per heavy atom. The molecule has 0 aromatic heterocycles. The van der Waals surface area contributed by atoms with Crippen LogP contribution in [0.2, 0.25) is 5.02 Å². The molecule has 106 valence electrons. The van der Waals surface area contributed by atoms with Gasteiger partial charge in [-0.1, -0.05) is 17.7 Å². The van der Waals surface area contributed by atoms with Crippen molar-refractivity contribution in [3.8, 4) is 0 Å². The largest absolute Gasteiger partial charge is 0.316 e. The first-order valence-corrected chi connectivity index (χ1v) is 8.80. The molecule has 0 aliphatic carbocycles. The zero-order chi connectivity index (χ0) is 13.9. The third-order valence-electron chi connectivity index (χ3n) is 3.21. The van der Waals surface area contributed by atoms with Crippen molar-refractivity contribution in [1.82, 2.24) is 10.0 Å². The van der Waals surface area contributed by atoms with E-state index in [2.05, 4.69) is 26.0 Å². The van der Waals surface area contributed by atoms with E-state index in [1.165, 1.54) is 6.07 Å². The fourth-order valence-corrected chi connectivity index (χ4v) is 4.41. The smallest absolute Gasteiger partial charge is 0.241 e. The lowest BCUT2D eigenvalue weighted by molar-refractivity contribution is 0.519. The van der Waals surface area contributed by atoms with Crippen LogP contribution in [0.25, 0.3) is 0 Å². The fraction of sp³-hybridized carbons (Fsp3) is 0.500. The maximum atomic E-state index is 12.2. The maximum Gasteiger partial charge on any atom is 0.241 e. The molecule has 1 saturated heterocycles. The van der Waals surface area contributed by atoms with Crippen molar-refractivity contribution in [1.29, 1.82) is 0 Å². The minimum Gasteiger partial charge on any atom is -0.316 e. The van der Waals surface area contributed by atoms with E-state index in [1.807, 2.05) is 0 Å². The Morgan fingerprint density at radius 1 is 1.47 bits per heavy atom. The number of rotatable bonds is 5. The Balaban J connectivity index is 1.99. The summed E-state index contributed by atoms with van der Waals surface area (Å²) in [4.78, 5) is 0.185. The van der Waals surface area contributed by atoms with Gasteiger partial charge >= 0.3 is 0 Å². The minimum atomic E-state index is -3.51. The van der Waals surface area contributed by atoms with Crippen LogP contribution in [0.3, 0.4) is 0 Å². The Morgan fingerprint density at radius 3 is 2.95 bits per heavy atom. The summed E-state index contributed by atoms with van der Waals surface area (Å²) in [6, 6.07) is 4.81. The molecule has 2 rings (SSSR count). The van der Waals surface area contributed by atoms with Crippen LogP contribution in [-0.2, 0) is 10.0 Å². The van der Waals surface area contributed by atoms with Crippen LogP contribution in [-0.4, -0.2) is 28.1 Å². The molecule has 1 aromatic rings. The van der Waals surface area contributed by atoms with Crippen LogP contribution in [0, 0.1) is 5.92 Å². The molecular formula is C12H16BrClN2O2S. The standard InChI is InChI=1S/C12H16BrClN2O2S/c13-12-10(14)2-1-3-11(12)19(17,18)16-7-5-9-4-6-15-8-9/h1-3,9,15-16H,4-8H2. The Bertz CT molecular complexity index is 545. The first-order valence-electron chi connectivity index (χ1n) is 6.15. The Kier molecular flexibility index (Phi) is 5.25. The first-order chi connectivity index (χ1) is 9.00. The van der Waals surface area contributed by atoms with Crippen molar-refractivity contribution in [2.24, 2.45) is 5.92 Å². The summed E-state index contributed by atoms with van der Waals surface area (Å²) in [6.07, 6.45) is 1.97. The first kappa shape index (κ1) is 15.3. The second-order valence-corrected chi connectivity index (χ2v) is 7.53. The summed E-state index contributed by atoms with van der Waals surface area (Å²) in [7, 11) is -3.51. The predicted octanol–water partition coefficient (Wildman–Crippen LogP) is 2.38. The average molecular weight is 368 g/mol. The SMILES string of the molecule is O=S(=O)(NCCC1CCNC1)c1cccc(Cl)c1Br. The lowest BCUT2D eigenvalue weighted by Crippen LogP contribution is -2.27. The van der Waals surface area contributed by atoms with Gasteiger partial charge in [-0.2, -0.15) is 0 Å². The van der Waals surface area contributed by atoms with Gasteiger partial charge in [0.2, 0.25) is 10.0 Å². The lowest BCUT2D eigenvalue weighted by atomic mass is 10.1. The van der Waals surface area contributed by atoms with E-state index in [4.69, 9.17) is 11.6 Å². The molecule has 0 bridgehead atoms. The highest BCUT2D eigenvalue weighted by Crippen LogP contribution is 2.29. The van der Waals surface area contributed by atoms with Crippen molar-refractivity contribution in [3.63, 3.8) is 0 Å². The van der Waals surface area contributed by atoms with E-state index < -0.39 is 10.0 Å². The summed E-state index contributed by atoms with van der Waals surface area (Å²) in [6.45, 7) is 2.45. The summed E-state index contributed by atoms with van der Waals surface area (Å²) >= 11 is 9.12. The number of halogens is 2. The van der Waals surface area contributed by atoms with Gasteiger partial charge in [-0.05, 0) is 59.9 Å². The molecule has 1 unspecified atom stereocenters. The highest BCUT2D eigenvalue weighted by atomic mass is 79.9. The molecule has 2 N–H and O–H groups in total. The van der Waals surface area contributed by atoms with Crippen LogP contribution in [0.4, 0.5) is 0 Å². The normalized spacial score (nSPS) is 19.8. The number of hydrogen-bond donors (Lipinski definition) is 2. The monoisotopic (exact) mass is 366 g/mol. The lowest BCUT2D eigenvalue weighted by Gasteiger charge is -2.11. The summed E-state index contributed by atoms with van der Waals surface area (Å²) in [5, 5.41) is 3.66. The van der Waals surface area contributed by atoms with E-state index in [0.717, 1.165) is 25.9 Å². The van der Waals surface area contributed by atoms with Crippen molar-refractivity contribution < 1.29 is 8.42 Å². The third-order valence-corrected chi connectivity index (χ3v) is 6.38. The second-order valence-electron chi connectivity index (χ2n) is 4.60. The Labute approximate surface area is 127 Å². The van der Waals surface area contributed by atoms with Gasteiger partial charge in [-0.25, -0.2) is 13.1 Å². The van der Waals surface area contributed by atoms with Crippen LogP contribution in [0.5, 0.6) is 0 Å². The second kappa shape index (κ2) is 6.54. The number of nitrogens with one attached hydrogen (secondary N) is 2. The van der Waals surface area contributed by atoms with Gasteiger partial charge in [0.25, 0.3) is 0 Å². The van der Waals surface area contributed by atoms with E-state index >= 15 is 0 Å². The molecule has 4 nitrogen and oxygen atoms in total. The van der Waals surface area contributed by atoms with E-state index in [9.17, 15) is 8.42 Å². The van der Waals surface area contributed by atoms with Crippen LogP contribution < -0.4 is 10.0 Å². The maximum absolute atomic E-state index is 12.2. The molecule has 1 aliphatic heterocycles. The van der Waals surface area contributed by atoms with Gasteiger partial charge in [0, 0.05) is 6.54 Å². The topological polar surface area (TPSA) is 58.2 Å². The van der Waals surface area contributed by atoms with Crippen LogP contribution in [0.15, 0.2) is 27.6 Å². The number of hydrogen-bond acceptors (Lipinski definition) is 3. The minimum absolute atomic E-state index is 0.185. The summed E-state index contributed by atoms with van der Waals surface area (Å²) in [5.74, 6) is 0.561. The predicted molar refractivity (Wildman–Crippen MR) is 79.9 cm³/mol. The number of benzene rings is 1. The molecule has 7 heteroatoms. The summed E-state index contributed by atoms with van der Waals surface area (Å²) < 4.78 is 27.4. The molecular weight excluding hydrogens is 352 g/mol. The summed E-state index contributed by atoms with van der Waals surface area (Å²) in [5.41, 5.74) is 0. The Hall–Kier alpha value is -0.140. The van der Waals surface area contributed by atoms with Gasteiger partial charge in [-0.15, -0.1) is 0 Å². The number of sulfonamides is 1. The molecule has 0 spiro atoms. The van der Waals surface area contributed by atoms with Gasteiger partial charge in [0.05, 0.1) is 14.4 Å². The zero-order valence-corrected chi connectivity index (χ0v) is 13.5. The molecule has 1 fully saturated rings. The van der Waals surface area contributed by atoms with Crippen molar-refractivity contribution in [2.45, 2.75) is 17.7 Å². The quantitative estimate of drug-likeness (QED) is 0.840. The highest BCUT2D eigenvalue weighted by molar-refractivity contribution is 9.10. The van der Waals surface area contributed by atoms with Crippen molar-refractivity contribution in [3.05, 3.63) is 27.7 Å². The van der Waals surface area contributed by atoms with Crippen LogP contribution in [0.1, 0.15) is 12.8 Å². The molecule has 1 heterocycles. The molecule has 0 saturated carbocycles. The van der Waals surface area contributed by atoms with Gasteiger partial charge in [-0.3, -0.25) is 0 Å². The van der Waals surface area contributed by atoms with Crippen molar-refractivity contribution >= 4 is 37.6 Å². The molecule has 1 aliphatic rings. The van der Waals surface area contributed by atoms with Gasteiger partial charge < -0.3 is 5.32 Å². The van der Waals surface area contributed by atoms with Gasteiger partial charge in [0.15, 0.2) is 0 Å². The molecule has 0 radical (unpaired) electrons. The molecule has 1 atom stereocenters. The molecule has 1 aromatic carbocycles. The molecule has 0 amide bonds. The average Bonchev–Trinajstić information content (AvgIpc) is 2.85. The van der Waals surface area contributed by atoms with Crippen LogP contribution >= 0.6 is 27.5 Å². The zero-order valence-electron chi connectivity index (χ0n) is 10.3. The third kappa shape index (κ3) is 3.92. The van der Waals surface area contributed by atoms with E-state index in [1.54, 1.807) is 12.1 Å². The fourth-order valence-electron chi connectivity index (χ4n) is 2.13. The van der Waals surface area contributed by atoms with E-state index in [-0.39, 0.29) is 4.90 Å². The van der Waals surface area contributed by atoms with Gasteiger partial charge in [0.1, 0.15) is 0 Å². The highest BCUT2D eigenvalue weighted by Gasteiger charge is 2.20. The molecule has 19 heavy (non-hydrogen) atoms.